The summed E-state index contributed by atoms with van der Waals surface area (Å²) in [6, 6.07) is -0.594. The number of fused-ring (bicyclic) bond motifs is 2. The van der Waals surface area contributed by atoms with Crippen molar-refractivity contribution in [2.75, 3.05) is 7.05 Å². The van der Waals surface area contributed by atoms with Gasteiger partial charge in [0.05, 0.1) is 24.4 Å². The first kappa shape index (κ1) is 23.9. The number of aryl methyl sites for hydroxylation is 1. The first-order valence-corrected chi connectivity index (χ1v) is 11.4. The highest BCUT2D eigenvalue weighted by Gasteiger charge is 2.68. The molecule has 0 bridgehead atoms. The van der Waals surface area contributed by atoms with Gasteiger partial charge in [0.25, 0.3) is 0 Å². The predicted octanol–water partition coefficient (Wildman–Crippen LogP) is -0.512. The molecule has 10 heteroatoms. The van der Waals surface area contributed by atoms with Crippen molar-refractivity contribution in [2.45, 2.75) is 100 Å². The van der Waals surface area contributed by atoms with Crippen LogP contribution in [0.4, 0.5) is 0 Å². The molecule has 32 heavy (non-hydrogen) atoms. The number of aromatic nitrogens is 2. The van der Waals surface area contributed by atoms with E-state index in [0.29, 0.717) is 19.3 Å². The number of rotatable bonds is 6. The van der Waals surface area contributed by atoms with Crippen molar-refractivity contribution in [3.63, 3.8) is 0 Å². The summed E-state index contributed by atoms with van der Waals surface area (Å²) in [4.78, 5) is 8.01. The fourth-order valence-corrected chi connectivity index (χ4v) is 5.58. The third-order valence-electron chi connectivity index (χ3n) is 7.30. The molecule has 2 aliphatic heterocycles. The van der Waals surface area contributed by atoms with Crippen LogP contribution in [0.2, 0.25) is 0 Å². The van der Waals surface area contributed by atoms with Gasteiger partial charge >= 0.3 is 0 Å². The van der Waals surface area contributed by atoms with Crippen LogP contribution in [-0.4, -0.2) is 91.7 Å². The van der Waals surface area contributed by atoms with Gasteiger partial charge in [-0.25, -0.2) is 9.97 Å². The van der Waals surface area contributed by atoms with Gasteiger partial charge in [0.1, 0.15) is 24.1 Å². The smallest absolute Gasteiger partial charge is 0.248 e. The summed E-state index contributed by atoms with van der Waals surface area (Å²) >= 11 is 0. The lowest BCUT2D eigenvalue weighted by atomic mass is 9.73. The third kappa shape index (κ3) is 3.97. The Morgan fingerprint density at radius 3 is 2.50 bits per heavy atom. The van der Waals surface area contributed by atoms with Crippen LogP contribution in [0.5, 0.6) is 0 Å². The summed E-state index contributed by atoms with van der Waals surface area (Å²) in [5.74, 6) is -2.57. The first-order valence-electron chi connectivity index (χ1n) is 11.4. The molecule has 10 atom stereocenters. The molecule has 5 N–H and O–H groups in total. The van der Waals surface area contributed by atoms with Gasteiger partial charge in [0.15, 0.2) is 0 Å². The molecule has 3 aliphatic rings. The number of aliphatic hydroxyl groups excluding tert-OH is 2. The summed E-state index contributed by atoms with van der Waals surface area (Å²) in [7, 11) is 1.68. The van der Waals surface area contributed by atoms with Crippen molar-refractivity contribution in [1.82, 2.24) is 15.3 Å². The summed E-state index contributed by atoms with van der Waals surface area (Å²) in [6.45, 7) is 3.69. The Morgan fingerprint density at radius 1 is 1.12 bits per heavy atom. The molecule has 3 heterocycles. The second-order valence-electron chi connectivity index (χ2n) is 9.36. The van der Waals surface area contributed by atoms with E-state index in [4.69, 9.17) is 14.2 Å². The topological polar surface area (TPSA) is 146 Å². The highest BCUT2D eigenvalue weighted by Crippen LogP contribution is 2.49. The lowest BCUT2D eigenvalue weighted by molar-refractivity contribution is -0.485. The van der Waals surface area contributed by atoms with Crippen molar-refractivity contribution in [1.29, 1.82) is 0 Å². The minimum atomic E-state index is -2.15. The minimum Gasteiger partial charge on any atom is -0.391 e. The molecule has 180 valence electrons. The third-order valence-corrected chi connectivity index (χ3v) is 7.30. The molecule has 10 nitrogen and oxygen atoms in total. The molecular weight excluding hydrogens is 418 g/mol. The van der Waals surface area contributed by atoms with E-state index in [1.807, 2.05) is 6.92 Å². The molecule has 4 rings (SSSR count). The summed E-state index contributed by atoms with van der Waals surface area (Å²) in [5, 5.41) is 48.0. The average Bonchev–Trinajstić information content (AvgIpc) is 2.75. The fourth-order valence-electron chi connectivity index (χ4n) is 5.58. The van der Waals surface area contributed by atoms with Crippen LogP contribution in [0.1, 0.15) is 45.1 Å². The van der Waals surface area contributed by atoms with Crippen LogP contribution >= 0.6 is 0 Å². The van der Waals surface area contributed by atoms with E-state index in [9.17, 15) is 20.4 Å². The molecule has 1 saturated carbocycles. The van der Waals surface area contributed by atoms with Gasteiger partial charge in [-0.3, -0.25) is 0 Å². The van der Waals surface area contributed by atoms with Crippen LogP contribution in [0.3, 0.4) is 0 Å². The fraction of sp³-hybridized carbons (Fsp3) is 0.818. The number of aliphatic hydroxyl groups is 4. The maximum Gasteiger partial charge on any atom is 0.248 e. The van der Waals surface area contributed by atoms with Gasteiger partial charge in [-0.2, -0.15) is 0 Å². The van der Waals surface area contributed by atoms with Gasteiger partial charge < -0.3 is 40.0 Å². The maximum atomic E-state index is 11.6. The molecule has 1 aromatic rings. The molecule has 0 aromatic carbocycles. The van der Waals surface area contributed by atoms with Crippen molar-refractivity contribution in [2.24, 2.45) is 5.92 Å². The number of hydrogen-bond donors (Lipinski definition) is 5. The van der Waals surface area contributed by atoms with E-state index in [2.05, 4.69) is 15.3 Å². The Labute approximate surface area is 187 Å². The van der Waals surface area contributed by atoms with Gasteiger partial charge in [-0.15, -0.1) is 0 Å². The number of ether oxygens (including phenoxy) is 3. The van der Waals surface area contributed by atoms with Crippen molar-refractivity contribution in [3.05, 3.63) is 24.3 Å². The number of likely N-dealkylation sites (N-methyl/N-ethyl adjacent to an activating group) is 1. The largest absolute Gasteiger partial charge is 0.391 e. The van der Waals surface area contributed by atoms with Crippen LogP contribution in [0.15, 0.2) is 18.7 Å². The Kier molecular flexibility index (Phi) is 6.86. The molecule has 0 radical (unpaired) electrons. The lowest BCUT2D eigenvalue weighted by Gasteiger charge is -2.60. The molecule has 0 amide bonds. The maximum absolute atomic E-state index is 11.6. The lowest BCUT2D eigenvalue weighted by Crippen LogP contribution is -2.78. The standard InChI is InChI=1S/C22H35N3O7/c1-4-14-16(26)15(23-3)18-19(17(14)27)31-20-22(29,32-18)21(28,8-12(2)30-20)7-5-6-13-9-24-11-25-10-13/h9-12,14-20,23,26-29H,4-8H2,1-3H3/t12-,14-,15+,16+,17+,18-,19-,20+,21+,22-/m1/s1. The van der Waals surface area contributed by atoms with E-state index in [0.717, 1.165) is 5.56 Å². The second-order valence-corrected chi connectivity index (χ2v) is 9.36. The zero-order valence-corrected chi connectivity index (χ0v) is 18.8. The molecule has 3 fully saturated rings. The summed E-state index contributed by atoms with van der Waals surface area (Å²) < 4.78 is 18.1. The zero-order chi connectivity index (χ0) is 23.1. The molecule has 1 aliphatic carbocycles. The first-order chi connectivity index (χ1) is 15.2. The highest BCUT2D eigenvalue weighted by atomic mass is 16.8. The normalized spacial score (nSPS) is 46.3. The van der Waals surface area contributed by atoms with Crippen LogP contribution in [0, 0.1) is 5.92 Å². The van der Waals surface area contributed by atoms with Gasteiger partial charge in [-0.1, -0.05) is 6.92 Å². The van der Waals surface area contributed by atoms with Crippen molar-refractivity contribution in [3.8, 4) is 0 Å². The number of nitrogens with zero attached hydrogens (tertiary/aromatic N) is 2. The monoisotopic (exact) mass is 453 g/mol. The number of hydrogen-bond acceptors (Lipinski definition) is 10. The van der Waals surface area contributed by atoms with Crippen LogP contribution in [-0.2, 0) is 20.6 Å². The molecule has 0 spiro atoms. The van der Waals surface area contributed by atoms with Gasteiger partial charge in [-0.05, 0) is 45.2 Å². The van der Waals surface area contributed by atoms with E-state index in [1.54, 1.807) is 26.4 Å². The minimum absolute atomic E-state index is 0.152. The summed E-state index contributed by atoms with van der Waals surface area (Å²) in [5.41, 5.74) is -0.717. The van der Waals surface area contributed by atoms with Crippen molar-refractivity contribution < 1.29 is 34.6 Å². The SMILES string of the molecule is CC[C@@H]1[C@H](O)[C@H](NC)[C@H]2O[C@]3(O)[C@H](O[C@@H]2[C@H]1O)O[C@H](C)C[C@@]3(O)CCCc1cncnc1. The molecule has 1 aromatic heterocycles. The second kappa shape index (κ2) is 9.19. The van der Waals surface area contributed by atoms with Gasteiger partial charge in [0.2, 0.25) is 12.1 Å². The predicted molar refractivity (Wildman–Crippen MR) is 112 cm³/mol. The zero-order valence-electron chi connectivity index (χ0n) is 18.8. The summed E-state index contributed by atoms with van der Waals surface area (Å²) in [6.07, 6.45) is 1.77. The molecule has 2 saturated heterocycles. The molecule has 0 unspecified atom stereocenters. The Balaban J connectivity index is 1.57. The van der Waals surface area contributed by atoms with E-state index < -0.39 is 54.1 Å². The number of nitrogens with one attached hydrogen (secondary N) is 1. The Bertz CT molecular complexity index is 773. The van der Waals surface area contributed by atoms with E-state index in [-0.39, 0.29) is 18.9 Å². The Morgan fingerprint density at radius 2 is 1.84 bits per heavy atom. The van der Waals surface area contributed by atoms with Crippen LogP contribution < -0.4 is 5.32 Å². The quantitative estimate of drug-likeness (QED) is 0.381. The Hall–Kier alpha value is -1.24. The molecular formula is C22H35N3O7. The average molecular weight is 454 g/mol. The highest BCUT2D eigenvalue weighted by molar-refractivity contribution is 5.11. The van der Waals surface area contributed by atoms with Crippen molar-refractivity contribution >= 4 is 0 Å². The van der Waals surface area contributed by atoms with E-state index >= 15 is 0 Å². The van der Waals surface area contributed by atoms with Crippen LogP contribution in [0.25, 0.3) is 0 Å². The van der Waals surface area contributed by atoms with E-state index in [1.165, 1.54) is 6.33 Å². The van der Waals surface area contributed by atoms with Gasteiger partial charge in [0, 0.05) is 24.7 Å².